The molecule has 27 heavy (non-hydrogen) atoms. The number of hydrogen-bond donors (Lipinski definition) is 3. The van der Waals surface area contributed by atoms with Crippen LogP contribution in [-0.2, 0) is 4.79 Å². The summed E-state index contributed by atoms with van der Waals surface area (Å²) in [4.78, 5) is 22.9. The van der Waals surface area contributed by atoms with E-state index in [1.165, 1.54) is 6.33 Å². The molecule has 1 saturated heterocycles. The van der Waals surface area contributed by atoms with Crippen molar-refractivity contribution in [2.45, 2.75) is 18.9 Å². The number of anilines is 2. The quantitative estimate of drug-likeness (QED) is 0.624. The Morgan fingerprint density at radius 3 is 3.19 bits per heavy atom. The van der Waals surface area contributed by atoms with Crippen molar-refractivity contribution in [2.24, 2.45) is 0 Å². The molecule has 9 heteroatoms. The summed E-state index contributed by atoms with van der Waals surface area (Å²) in [6, 6.07) is 7.50. The largest absolute Gasteiger partial charge is 0.376 e. The van der Waals surface area contributed by atoms with Crippen LogP contribution in [0.5, 0.6) is 0 Å². The van der Waals surface area contributed by atoms with Crippen molar-refractivity contribution in [1.29, 1.82) is 0 Å². The number of rotatable bonds is 5. The number of piperidine rings is 1. The summed E-state index contributed by atoms with van der Waals surface area (Å²) in [5.74, 6) is 0.808. The highest BCUT2D eigenvalue weighted by Gasteiger charge is 2.24. The number of amides is 1. The van der Waals surface area contributed by atoms with Gasteiger partial charge in [-0.25, -0.2) is 9.97 Å². The molecule has 0 aliphatic carbocycles. The van der Waals surface area contributed by atoms with Gasteiger partial charge in [0.2, 0.25) is 5.91 Å². The van der Waals surface area contributed by atoms with Gasteiger partial charge in [-0.15, -0.1) is 0 Å². The van der Waals surface area contributed by atoms with Crippen LogP contribution in [0.2, 0.25) is 5.02 Å². The molecule has 2 aromatic heterocycles. The Balaban J connectivity index is 1.36. The fourth-order valence-corrected chi connectivity index (χ4v) is 3.47. The Kier molecular flexibility index (Phi) is 5.06. The second-order valence-corrected chi connectivity index (χ2v) is 6.98. The van der Waals surface area contributed by atoms with Gasteiger partial charge >= 0.3 is 0 Å². The third-order valence-electron chi connectivity index (χ3n) is 4.63. The van der Waals surface area contributed by atoms with E-state index in [-0.39, 0.29) is 18.5 Å². The molecule has 1 amide bonds. The van der Waals surface area contributed by atoms with E-state index < -0.39 is 0 Å². The maximum Gasteiger partial charge on any atom is 0.241 e. The van der Waals surface area contributed by atoms with Crippen molar-refractivity contribution in [1.82, 2.24) is 25.1 Å². The van der Waals surface area contributed by atoms with Gasteiger partial charge in [-0.05, 0) is 31.0 Å². The van der Waals surface area contributed by atoms with Gasteiger partial charge < -0.3 is 15.5 Å². The number of benzene rings is 1. The van der Waals surface area contributed by atoms with E-state index in [9.17, 15) is 4.79 Å². The van der Waals surface area contributed by atoms with Gasteiger partial charge in [-0.1, -0.05) is 17.7 Å². The molecule has 1 aliphatic heterocycles. The molecule has 1 atom stereocenters. The number of carbonyl (C=O) groups is 1. The van der Waals surface area contributed by atoms with Crippen molar-refractivity contribution in [3.63, 3.8) is 0 Å². The maximum atomic E-state index is 12.6. The summed E-state index contributed by atoms with van der Waals surface area (Å²) in [6.45, 7) is 1.64. The molecule has 1 aromatic carbocycles. The number of hydrogen-bond acceptors (Lipinski definition) is 6. The van der Waals surface area contributed by atoms with Crippen molar-refractivity contribution >= 4 is 40.0 Å². The number of H-pyrrole nitrogens is 1. The molecule has 140 valence electrons. The van der Waals surface area contributed by atoms with Crippen LogP contribution < -0.4 is 10.6 Å². The SMILES string of the molecule is O=C(CNc1cccc(Cl)c1)N1CCC[C@H](Nc2ncnc3[nH]ncc23)C1. The van der Waals surface area contributed by atoms with Crippen molar-refractivity contribution in [3.8, 4) is 0 Å². The van der Waals surface area contributed by atoms with E-state index in [2.05, 4.69) is 30.8 Å². The van der Waals surface area contributed by atoms with Gasteiger partial charge in [0.15, 0.2) is 5.65 Å². The highest BCUT2D eigenvalue weighted by molar-refractivity contribution is 6.30. The Hall–Kier alpha value is -2.87. The number of aromatic nitrogens is 4. The lowest BCUT2D eigenvalue weighted by molar-refractivity contribution is -0.130. The standard InChI is InChI=1S/C18H20ClN7O/c19-12-3-1-4-13(7-12)20-9-16(27)26-6-2-5-14(10-26)24-17-15-8-23-25-18(15)22-11-21-17/h1,3-4,7-8,11,14,20H,2,5-6,9-10H2,(H2,21,22,23,24,25)/t14-/m0/s1. The molecule has 1 aliphatic rings. The van der Waals surface area contributed by atoms with Crippen LogP contribution in [-0.4, -0.2) is 56.6 Å². The smallest absolute Gasteiger partial charge is 0.241 e. The molecule has 0 unspecified atom stereocenters. The molecule has 3 heterocycles. The van der Waals surface area contributed by atoms with Crippen molar-refractivity contribution in [3.05, 3.63) is 41.8 Å². The summed E-state index contributed by atoms with van der Waals surface area (Å²) in [6.07, 6.45) is 5.14. The molecule has 1 fully saturated rings. The Morgan fingerprint density at radius 1 is 1.37 bits per heavy atom. The van der Waals surface area contributed by atoms with Crippen molar-refractivity contribution < 1.29 is 4.79 Å². The Bertz CT molecular complexity index is 944. The van der Waals surface area contributed by atoms with Crippen LogP contribution in [0.4, 0.5) is 11.5 Å². The van der Waals surface area contributed by atoms with E-state index in [0.29, 0.717) is 17.2 Å². The first kappa shape index (κ1) is 17.5. The fourth-order valence-electron chi connectivity index (χ4n) is 3.28. The fraction of sp³-hybridized carbons (Fsp3) is 0.333. The molecular formula is C18H20ClN7O. The minimum Gasteiger partial charge on any atom is -0.376 e. The van der Waals surface area contributed by atoms with Gasteiger partial charge in [-0.2, -0.15) is 5.10 Å². The number of fused-ring (bicyclic) bond motifs is 1. The summed E-state index contributed by atoms with van der Waals surface area (Å²) < 4.78 is 0. The van der Waals surface area contributed by atoms with Crippen molar-refractivity contribution in [2.75, 3.05) is 30.3 Å². The molecule has 3 N–H and O–H groups in total. The second-order valence-electron chi connectivity index (χ2n) is 6.54. The summed E-state index contributed by atoms with van der Waals surface area (Å²) in [5.41, 5.74) is 1.54. The summed E-state index contributed by atoms with van der Waals surface area (Å²) >= 11 is 5.98. The monoisotopic (exact) mass is 385 g/mol. The molecule has 0 saturated carbocycles. The third-order valence-corrected chi connectivity index (χ3v) is 4.87. The lowest BCUT2D eigenvalue weighted by atomic mass is 10.1. The molecule has 0 spiro atoms. The van der Waals surface area contributed by atoms with Gasteiger partial charge in [0.05, 0.1) is 18.1 Å². The zero-order valence-electron chi connectivity index (χ0n) is 14.7. The summed E-state index contributed by atoms with van der Waals surface area (Å²) in [5, 5.41) is 14.9. The van der Waals surface area contributed by atoms with Gasteiger partial charge in [0.1, 0.15) is 12.1 Å². The first-order valence-electron chi connectivity index (χ1n) is 8.87. The predicted octanol–water partition coefficient (Wildman–Crippen LogP) is 2.52. The number of nitrogens with one attached hydrogen (secondary N) is 3. The van der Waals surface area contributed by atoms with Gasteiger partial charge in [0.25, 0.3) is 0 Å². The summed E-state index contributed by atoms with van der Waals surface area (Å²) in [7, 11) is 0. The molecule has 4 rings (SSSR count). The number of carbonyl (C=O) groups excluding carboxylic acids is 1. The molecule has 0 bridgehead atoms. The highest BCUT2D eigenvalue weighted by Crippen LogP contribution is 2.21. The lowest BCUT2D eigenvalue weighted by Gasteiger charge is -2.33. The Morgan fingerprint density at radius 2 is 2.30 bits per heavy atom. The zero-order valence-corrected chi connectivity index (χ0v) is 15.4. The van der Waals surface area contributed by atoms with Crippen LogP contribution in [0.25, 0.3) is 11.0 Å². The first-order chi connectivity index (χ1) is 13.2. The van der Waals surface area contributed by atoms with E-state index >= 15 is 0 Å². The number of aromatic amines is 1. The van der Waals surface area contributed by atoms with Crippen LogP contribution in [0.15, 0.2) is 36.8 Å². The number of halogens is 1. The third kappa shape index (κ3) is 4.11. The zero-order chi connectivity index (χ0) is 18.6. The van der Waals surface area contributed by atoms with Crippen LogP contribution in [0.3, 0.4) is 0 Å². The first-order valence-corrected chi connectivity index (χ1v) is 9.24. The minimum absolute atomic E-state index is 0.0672. The predicted molar refractivity (Wildman–Crippen MR) is 105 cm³/mol. The second kappa shape index (κ2) is 7.79. The molecular weight excluding hydrogens is 366 g/mol. The average Bonchev–Trinajstić information content (AvgIpc) is 3.16. The van der Waals surface area contributed by atoms with Gasteiger partial charge in [-0.3, -0.25) is 9.89 Å². The Labute approximate surface area is 161 Å². The maximum absolute atomic E-state index is 12.6. The van der Waals surface area contributed by atoms with E-state index in [1.807, 2.05) is 17.0 Å². The lowest BCUT2D eigenvalue weighted by Crippen LogP contribution is -2.47. The molecule has 8 nitrogen and oxygen atoms in total. The topological polar surface area (TPSA) is 98.8 Å². The molecule has 0 radical (unpaired) electrons. The van der Waals surface area contributed by atoms with Crippen LogP contribution >= 0.6 is 11.6 Å². The normalized spacial score (nSPS) is 17.1. The van der Waals surface area contributed by atoms with E-state index in [0.717, 1.165) is 36.3 Å². The van der Waals surface area contributed by atoms with E-state index in [1.54, 1.807) is 18.3 Å². The average molecular weight is 386 g/mol. The van der Waals surface area contributed by atoms with E-state index in [4.69, 9.17) is 11.6 Å². The van der Waals surface area contributed by atoms with Gasteiger partial charge in [0, 0.05) is 29.8 Å². The molecule has 3 aromatic rings. The van der Waals surface area contributed by atoms with Crippen LogP contribution in [0.1, 0.15) is 12.8 Å². The minimum atomic E-state index is 0.0672. The highest BCUT2D eigenvalue weighted by atomic mass is 35.5. The van der Waals surface area contributed by atoms with Crippen LogP contribution in [0, 0.1) is 0 Å². The number of nitrogens with zero attached hydrogens (tertiary/aromatic N) is 4. The number of likely N-dealkylation sites (tertiary alicyclic amines) is 1.